The molecule has 0 saturated carbocycles. The molecule has 1 atom stereocenters. The maximum Gasteiger partial charge on any atom is 0.243 e. The Morgan fingerprint density at radius 1 is 1.19 bits per heavy atom. The first kappa shape index (κ1) is 14.2. The lowest BCUT2D eigenvalue weighted by Crippen LogP contribution is -2.46. The predicted octanol–water partition coefficient (Wildman–Crippen LogP) is 1.55. The van der Waals surface area contributed by atoms with Crippen LogP contribution in [0.25, 0.3) is 0 Å². The summed E-state index contributed by atoms with van der Waals surface area (Å²) in [6.07, 6.45) is 1.81. The summed E-state index contributed by atoms with van der Waals surface area (Å²) in [5.74, 6) is 2.31. The molecule has 0 N–H and O–H groups in total. The third kappa shape index (κ3) is 3.14. The van der Waals surface area contributed by atoms with Crippen LogP contribution in [-0.2, 0) is 6.54 Å². The van der Waals surface area contributed by atoms with Crippen molar-refractivity contribution < 1.29 is 9.05 Å². The van der Waals surface area contributed by atoms with Gasteiger partial charge in [0.25, 0.3) is 0 Å². The number of nitrogens with zero attached hydrogens (tertiary/aromatic N) is 5. The monoisotopic (exact) mass is 291 g/mol. The Labute approximate surface area is 123 Å². The van der Waals surface area contributed by atoms with Crippen LogP contribution in [0.4, 0.5) is 0 Å². The van der Waals surface area contributed by atoms with Gasteiger partial charge in [0.05, 0.1) is 12.2 Å². The molecule has 0 aliphatic carbocycles. The van der Waals surface area contributed by atoms with Crippen molar-refractivity contribution in [1.82, 2.24) is 25.1 Å². The molecule has 1 aliphatic rings. The Kier molecular flexibility index (Phi) is 4.03. The van der Waals surface area contributed by atoms with Gasteiger partial charge in [0.15, 0.2) is 5.82 Å². The van der Waals surface area contributed by atoms with Gasteiger partial charge in [0.1, 0.15) is 5.76 Å². The third-order valence-corrected chi connectivity index (χ3v) is 4.10. The van der Waals surface area contributed by atoms with Crippen molar-refractivity contribution >= 4 is 0 Å². The topological polar surface area (TPSA) is 71.4 Å². The molecule has 0 bridgehead atoms. The first-order chi connectivity index (χ1) is 10.1. The van der Waals surface area contributed by atoms with Crippen LogP contribution in [0.15, 0.2) is 15.2 Å². The lowest BCUT2D eigenvalue weighted by molar-refractivity contribution is 0.0843. The molecule has 0 spiro atoms. The minimum absolute atomic E-state index is 0.172. The Bertz CT molecular complexity index is 586. The van der Waals surface area contributed by atoms with E-state index in [1.54, 1.807) is 0 Å². The van der Waals surface area contributed by atoms with Crippen LogP contribution in [0.5, 0.6) is 0 Å². The quantitative estimate of drug-likeness (QED) is 0.846. The second kappa shape index (κ2) is 5.95. The van der Waals surface area contributed by atoms with Gasteiger partial charge in [-0.05, 0) is 20.8 Å². The molecule has 21 heavy (non-hydrogen) atoms. The largest absolute Gasteiger partial charge is 0.361 e. The number of aromatic nitrogens is 3. The van der Waals surface area contributed by atoms with E-state index in [0.29, 0.717) is 11.7 Å². The van der Waals surface area contributed by atoms with Gasteiger partial charge in [-0.2, -0.15) is 4.98 Å². The van der Waals surface area contributed by atoms with E-state index in [0.717, 1.165) is 38.5 Å². The van der Waals surface area contributed by atoms with Gasteiger partial charge in [-0.25, -0.2) is 0 Å². The maximum atomic E-state index is 5.27. The molecule has 1 unspecified atom stereocenters. The van der Waals surface area contributed by atoms with Crippen molar-refractivity contribution in [2.75, 3.05) is 26.2 Å². The first-order valence-corrected chi connectivity index (χ1v) is 7.30. The first-order valence-electron chi connectivity index (χ1n) is 7.30. The van der Waals surface area contributed by atoms with Gasteiger partial charge in [0, 0.05) is 38.3 Å². The molecule has 3 rings (SSSR count). The van der Waals surface area contributed by atoms with Crippen LogP contribution in [0.2, 0.25) is 0 Å². The molecule has 1 aliphatic heterocycles. The van der Waals surface area contributed by atoms with Gasteiger partial charge in [0.2, 0.25) is 5.89 Å². The minimum atomic E-state index is 0.172. The number of piperazine rings is 1. The maximum absolute atomic E-state index is 5.27. The van der Waals surface area contributed by atoms with Crippen LogP contribution < -0.4 is 0 Å². The Morgan fingerprint density at radius 3 is 2.52 bits per heavy atom. The van der Waals surface area contributed by atoms with Crippen LogP contribution in [0.1, 0.15) is 36.0 Å². The molecule has 0 amide bonds. The van der Waals surface area contributed by atoms with Crippen LogP contribution in [0.3, 0.4) is 0 Å². The number of rotatable bonds is 4. The zero-order valence-electron chi connectivity index (χ0n) is 12.7. The Hall–Kier alpha value is -1.73. The summed E-state index contributed by atoms with van der Waals surface area (Å²) in [6, 6.07) is 0.172. The van der Waals surface area contributed by atoms with E-state index < -0.39 is 0 Å². The summed E-state index contributed by atoms with van der Waals surface area (Å²) in [7, 11) is 0. The summed E-state index contributed by atoms with van der Waals surface area (Å²) in [4.78, 5) is 9.12. The molecule has 3 heterocycles. The average Bonchev–Trinajstić information content (AvgIpc) is 3.08. The summed E-state index contributed by atoms with van der Waals surface area (Å²) >= 11 is 0. The van der Waals surface area contributed by atoms with E-state index >= 15 is 0 Å². The van der Waals surface area contributed by atoms with E-state index in [9.17, 15) is 0 Å². The standard InChI is InChI=1S/C14H21N5O2/c1-10(14-16-12(3)17-21-14)19-6-4-18(5-7-19)9-13-8-15-20-11(13)2/h8,10H,4-7,9H2,1-3H3. The summed E-state index contributed by atoms with van der Waals surface area (Å²) in [6.45, 7) is 10.8. The molecule has 7 nitrogen and oxygen atoms in total. The van der Waals surface area contributed by atoms with E-state index in [4.69, 9.17) is 9.05 Å². The molecule has 2 aromatic rings. The second-order valence-electron chi connectivity index (χ2n) is 5.58. The Balaban J connectivity index is 1.54. The van der Waals surface area contributed by atoms with Crippen molar-refractivity contribution in [3.05, 3.63) is 29.2 Å². The lowest BCUT2D eigenvalue weighted by Gasteiger charge is -2.36. The van der Waals surface area contributed by atoms with E-state index in [1.807, 2.05) is 20.0 Å². The summed E-state index contributed by atoms with van der Waals surface area (Å²) in [5.41, 5.74) is 1.17. The van der Waals surface area contributed by atoms with Crippen molar-refractivity contribution in [3.63, 3.8) is 0 Å². The molecular weight excluding hydrogens is 270 g/mol. The molecule has 1 fully saturated rings. The predicted molar refractivity (Wildman–Crippen MR) is 75.5 cm³/mol. The normalized spacial score (nSPS) is 19.0. The number of hydrogen-bond donors (Lipinski definition) is 0. The molecule has 2 aromatic heterocycles. The van der Waals surface area contributed by atoms with Crippen LogP contribution in [-0.4, -0.2) is 51.3 Å². The smallest absolute Gasteiger partial charge is 0.243 e. The van der Waals surface area contributed by atoms with E-state index in [-0.39, 0.29) is 6.04 Å². The zero-order chi connectivity index (χ0) is 14.8. The highest BCUT2D eigenvalue weighted by molar-refractivity contribution is 5.11. The van der Waals surface area contributed by atoms with E-state index in [2.05, 4.69) is 32.0 Å². The highest BCUT2D eigenvalue weighted by Crippen LogP contribution is 2.21. The van der Waals surface area contributed by atoms with Crippen molar-refractivity contribution in [3.8, 4) is 0 Å². The zero-order valence-corrected chi connectivity index (χ0v) is 12.7. The van der Waals surface area contributed by atoms with Gasteiger partial charge < -0.3 is 9.05 Å². The average molecular weight is 291 g/mol. The second-order valence-corrected chi connectivity index (χ2v) is 5.58. The van der Waals surface area contributed by atoms with Crippen LogP contribution >= 0.6 is 0 Å². The Morgan fingerprint density at radius 2 is 1.95 bits per heavy atom. The molecular formula is C14H21N5O2. The van der Waals surface area contributed by atoms with E-state index in [1.165, 1.54) is 5.56 Å². The summed E-state index contributed by atoms with van der Waals surface area (Å²) < 4.78 is 10.4. The van der Waals surface area contributed by atoms with Crippen molar-refractivity contribution in [2.24, 2.45) is 0 Å². The fourth-order valence-corrected chi connectivity index (χ4v) is 2.66. The summed E-state index contributed by atoms with van der Waals surface area (Å²) in [5, 5.41) is 7.70. The van der Waals surface area contributed by atoms with Crippen molar-refractivity contribution in [2.45, 2.75) is 33.4 Å². The molecule has 114 valence electrons. The number of hydrogen-bond acceptors (Lipinski definition) is 7. The van der Waals surface area contributed by atoms with Crippen LogP contribution in [0, 0.1) is 13.8 Å². The third-order valence-electron chi connectivity index (χ3n) is 4.10. The fraction of sp³-hybridized carbons (Fsp3) is 0.643. The van der Waals surface area contributed by atoms with Gasteiger partial charge in [-0.3, -0.25) is 9.80 Å². The SMILES string of the molecule is Cc1noc(C(C)N2CCN(Cc3cnoc3C)CC2)n1. The minimum Gasteiger partial charge on any atom is -0.361 e. The highest BCUT2D eigenvalue weighted by atomic mass is 16.5. The lowest BCUT2D eigenvalue weighted by atomic mass is 10.2. The van der Waals surface area contributed by atoms with Gasteiger partial charge in [-0.15, -0.1) is 0 Å². The molecule has 0 radical (unpaired) electrons. The number of aryl methyl sites for hydroxylation is 2. The fourth-order valence-electron chi connectivity index (χ4n) is 2.66. The molecule has 7 heteroatoms. The van der Waals surface area contributed by atoms with Crippen molar-refractivity contribution in [1.29, 1.82) is 0 Å². The molecule has 0 aromatic carbocycles. The molecule has 1 saturated heterocycles. The van der Waals surface area contributed by atoms with Gasteiger partial charge >= 0.3 is 0 Å². The highest BCUT2D eigenvalue weighted by Gasteiger charge is 2.25. The van der Waals surface area contributed by atoms with Gasteiger partial charge in [-0.1, -0.05) is 10.3 Å².